The van der Waals surface area contributed by atoms with Crippen molar-refractivity contribution in [3.8, 4) is 0 Å². The van der Waals surface area contributed by atoms with E-state index in [0.29, 0.717) is 11.6 Å². The molecule has 0 saturated carbocycles. The average molecular weight is 369 g/mol. The van der Waals surface area contributed by atoms with E-state index in [1.165, 1.54) is 0 Å². The number of carbonyl (C=O) groups is 1. The van der Waals surface area contributed by atoms with E-state index >= 15 is 0 Å². The molecule has 1 unspecified atom stereocenters. The molecule has 0 radical (unpaired) electrons. The molecule has 1 saturated heterocycles. The van der Waals surface area contributed by atoms with Crippen LogP contribution in [0.3, 0.4) is 0 Å². The first kappa shape index (κ1) is 16.9. The average Bonchev–Trinajstić information content (AvgIpc) is 3.09. The van der Waals surface area contributed by atoms with Crippen LogP contribution in [-0.4, -0.2) is 34.0 Å². The largest absolute Gasteiger partial charge is 0.342 e. The number of hydrogen-bond acceptors (Lipinski definition) is 2. The van der Waals surface area contributed by atoms with Crippen molar-refractivity contribution in [2.24, 2.45) is 0 Å². The second-order valence-electron chi connectivity index (χ2n) is 6.82. The van der Waals surface area contributed by atoms with Gasteiger partial charge in [-0.15, -0.1) is 0 Å². The van der Waals surface area contributed by atoms with Crippen molar-refractivity contribution in [3.63, 3.8) is 0 Å². The topological polar surface area (TPSA) is 61.0 Å². The Labute approximate surface area is 157 Å². The van der Waals surface area contributed by atoms with Crippen LogP contribution in [0.5, 0.6) is 0 Å². The Morgan fingerprint density at radius 3 is 2.96 bits per heavy atom. The Bertz CT molecular complexity index is 919. The molecular weight excluding hydrogens is 348 g/mol. The van der Waals surface area contributed by atoms with Crippen molar-refractivity contribution in [2.45, 2.75) is 25.7 Å². The molecule has 26 heavy (non-hydrogen) atoms. The Kier molecular flexibility index (Phi) is 4.55. The highest BCUT2D eigenvalue weighted by Crippen LogP contribution is 2.27. The fraction of sp³-hybridized carbons (Fsp3) is 0.300. The van der Waals surface area contributed by atoms with Gasteiger partial charge in [0.1, 0.15) is 5.82 Å². The molecule has 5 nitrogen and oxygen atoms in total. The SMILES string of the molecule is Cc1ccc(NC(=O)N2CCCC(c3nc4ccccc4[nH]3)C2)cc1Cl. The van der Waals surface area contributed by atoms with Gasteiger partial charge in [-0.1, -0.05) is 29.8 Å². The van der Waals surface area contributed by atoms with E-state index in [-0.39, 0.29) is 11.9 Å². The summed E-state index contributed by atoms with van der Waals surface area (Å²) in [6, 6.07) is 13.5. The summed E-state index contributed by atoms with van der Waals surface area (Å²) in [6.45, 7) is 3.35. The molecule has 1 aromatic heterocycles. The number of imidazole rings is 1. The Hall–Kier alpha value is -2.53. The van der Waals surface area contributed by atoms with Gasteiger partial charge in [-0.3, -0.25) is 0 Å². The normalized spacial score (nSPS) is 17.5. The van der Waals surface area contributed by atoms with Gasteiger partial charge in [0.05, 0.1) is 11.0 Å². The summed E-state index contributed by atoms with van der Waals surface area (Å²) in [6.07, 6.45) is 1.99. The number of amides is 2. The first-order chi connectivity index (χ1) is 12.6. The minimum atomic E-state index is -0.0919. The molecule has 1 fully saturated rings. The number of urea groups is 1. The van der Waals surface area contributed by atoms with Crippen molar-refractivity contribution < 1.29 is 4.79 Å². The van der Waals surface area contributed by atoms with E-state index in [1.54, 1.807) is 6.07 Å². The Morgan fingerprint density at radius 2 is 2.15 bits per heavy atom. The van der Waals surface area contributed by atoms with Crippen LogP contribution >= 0.6 is 11.6 Å². The quantitative estimate of drug-likeness (QED) is 0.673. The summed E-state index contributed by atoms with van der Waals surface area (Å²) in [5, 5.41) is 3.60. The number of nitrogens with one attached hydrogen (secondary N) is 2. The van der Waals surface area contributed by atoms with Crippen molar-refractivity contribution in [2.75, 3.05) is 18.4 Å². The molecule has 0 spiro atoms. The first-order valence-corrected chi connectivity index (χ1v) is 9.24. The molecule has 2 N–H and O–H groups in total. The molecule has 1 aliphatic heterocycles. The third kappa shape index (κ3) is 3.40. The molecule has 1 aliphatic rings. The van der Waals surface area contributed by atoms with Crippen LogP contribution in [0, 0.1) is 6.92 Å². The number of hydrogen-bond donors (Lipinski definition) is 2. The minimum absolute atomic E-state index is 0.0919. The van der Waals surface area contributed by atoms with E-state index in [1.807, 2.05) is 48.2 Å². The maximum Gasteiger partial charge on any atom is 0.321 e. The van der Waals surface area contributed by atoms with Crippen LogP contribution in [0.25, 0.3) is 11.0 Å². The maximum atomic E-state index is 12.7. The number of carbonyl (C=O) groups excluding carboxylic acids is 1. The number of aromatic amines is 1. The van der Waals surface area contributed by atoms with Crippen LogP contribution < -0.4 is 5.32 Å². The molecule has 1 atom stereocenters. The predicted molar refractivity (Wildman–Crippen MR) is 105 cm³/mol. The summed E-state index contributed by atoms with van der Waals surface area (Å²) >= 11 is 6.15. The van der Waals surface area contributed by atoms with Crippen molar-refractivity contribution >= 4 is 34.4 Å². The second kappa shape index (κ2) is 7.00. The zero-order valence-corrected chi connectivity index (χ0v) is 15.4. The van der Waals surface area contributed by atoms with E-state index in [9.17, 15) is 4.79 Å². The maximum absolute atomic E-state index is 12.7. The fourth-order valence-electron chi connectivity index (χ4n) is 3.42. The summed E-state index contributed by atoms with van der Waals surface area (Å²) in [4.78, 5) is 22.6. The number of piperidine rings is 1. The summed E-state index contributed by atoms with van der Waals surface area (Å²) < 4.78 is 0. The second-order valence-corrected chi connectivity index (χ2v) is 7.23. The number of rotatable bonds is 2. The highest BCUT2D eigenvalue weighted by molar-refractivity contribution is 6.31. The van der Waals surface area contributed by atoms with Crippen LogP contribution in [0.4, 0.5) is 10.5 Å². The minimum Gasteiger partial charge on any atom is -0.342 e. The third-order valence-electron chi connectivity index (χ3n) is 4.93. The molecule has 0 aliphatic carbocycles. The zero-order valence-electron chi connectivity index (χ0n) is 14.6. The Morgan fingerprint density at radius 1 is 1.31 bits per heavy atom. The van der Waals surface area contributed by atoms with Crippen LogP contribution in [0.1, 0.15) is 30.1 Å². The van der Waals surface area contributed by atoms with Crippen LogP contribution in [0.15, 0.2) is 42.5 Å². The van der Waals surface area contributed by atoms with Crippen molar-refractivity contribution in [3.05, 3.63) is 58.9 Å². The first-order valence-electron chi connectivity index (χ1n) is 8.87. The van der Waals surface area contributed by atoms with Gasteiger partial charge < -0.3 is 15.2 Å². The van der Waals surface area contributed by atoms with E-state index in [2.05, 4.69) is 10.3 Å². The molecule has 2 heterocycles. The lowest BCUT2D eigenvalue weighted by molar-refractivity contribution is 0.191. The van der Waals surface area contributed by atoms with Gasteiger partial charge in [0.15, 0.2) is 0 Å². The van der Waals surface area contributed by atoms with E-state index < -0.39 is 0 Å². The molecular formula is C20H21ClN4O. The lowest BCUT2D eigenvalue weighted by Crippen LogP contribution is -2.41. The van der Waals surface area contributed by atoms with E-state index in [4.69, 9.17) is 16.6 Å². The summed E-state index contributed by atoms with van der Waals surface area (Å²) in [5.41, 5.74) is 3.72. The van der Waals surface area contributed by atoms with Gasteiger partial charge in [-0.05, 0) is 49.6 Å². The monoisotopic (exact) mass is 368 g/mol. The Balaban J connectivity index is 1.47. The standard InChI is InChI=1S/C20H21ClN4O/c1-13-8-9-15(11-16(13)21)22-20(26)25-10-4-5-14(12-25)19-23-17-6-2-3-7-18(17)24-19/h2-3,6-9,11,14H,4-5,10,12H2,1H3,(H,22,26)(H,23,24). The molecule has 4 rings (SSSR count). The van der Waals surface area contributed by atoms with Gasteiger partial charge in [0.2, 0.25) is 0 Å². The number of anilines is 1. The van der Waals surface area contributed by atoms with Gasteiger partial charge in [-0.25, -0.2) is 9.78 Å². The number of aryl methyl sites for hydroxylation is 1. The molecule has 3 aromatic rings. The third-order valence-corrected chi connectivity index (χ3v) is 5.33. The van der Waals surface area contributed by atoms with Gasteiger partial charge >= 0.3 is 6.03 Å². The lowest BCUT2D eigenvalue weighted by atomic mass is 9.97. The predicted octanol–water partition coefficient (Wildman–Crippen LogP) is 4.94. The lowest BCUT2D eigenvalue weighted by Gasteiger charge is -2.31. The highest BCUT2D eigenvalue weighted by Gasteiger charge is 2.26. The number of likely N-dealkylation sites (tertiary alicyclic amines) is 1. The van der Waals surface area contributed by atoms with E-state index in [0.717, 1.165) is 47.5 Å². The number of para-hydroxylation sites is 2. The van der Waals surface area contributed by atoms with Crippen LogP contribution in [0.2, 0.25) is 5.02 Å². The zero-order chi connectivity index (χ0) is 18.1. The number of aromatic nitrogens is 2. The molecule has 0 bridgehead atoms. The fourth-order valence-corrected chi connectivity index (χ4v) is 3.60. The number of halogens is 1. The number of nitrogens with zero attached hydrogens (tertiary/aromatic N) is 2. The number of benzene rings is 2. The van der Waals surface area contributed by atoms with Crippen molar-refractivity contribution in [1.29, 1.82) is 0 Å². The van der Waals surface area contributed by atoms with Gasteiger partial charge in [-0.2, -0.15) is 0 Å². The van der Waals surface area contributed by atoms with Gasteiger partial charge in [0.25, 0.3) is 0 Å². The summed E-state index contributed by atoms with van der Waals surface area (Å²) in [7, 11) is 0. The molecule has 6 heteroatoms. The summed E-state index contributed by atoms with van der Waals surface area (Å²) in [5.74, 6) is 1.19. The molecule has 134 valence electrons. The molecule has 2 aromatic carbocycles. The van der Waals surface area contributed by atoms with Crippen LogP contribution in [-0.2, 0) is 0 Å². The highest BCUT2D eigenvalue weighted by atomic mass is 35.5. The number of H-pyrrole nitrogens is 1. The van der Waals surface area contributed by atoms with Gasteiger partial charge in [0, 0.05) is 29.7 Å². The number of fused-ring (bicyclic) bond motifs is 1. The smallest absolute Gasteiger partial charge is 0.321 e. The molecule has 2 amide bonds. The van der Waals surface area contributed by atoms with Crippen molar-refractivity contribution in [1.82, 2.24) is 14.9 Å².